The molecule has 56 heavy (non-hydrogen) atoms. The summed E-state index contributed by atoms with van der Waals surface area (Å²) in [4.78, 5) is 13.0. The minimum absolute atomic E-state index is 0.173. The molecule has 0 aromatic heterocycles. The third-order valence-electron chi connectivity index (χ3n) is 11.6. The van der Waals surface area contributed by atoms with Gasteiger partial charge in [-0.3, -0.25) is 4.79 Å². The van der Waals surface area contributed by atoms with Crippen LogP contribution in [0.4, 0.5) is 0 Å². The number of aliphatic hydroxyl groups excluding tert-OH is 5. The summed E-state index contributed by atoms with van der Waals surface area (Å²) in [5.74, 6) is -0.173. The average molecular weight is 798 g/mol. The minimum atomic E-state index is -1.56. The quantitative estimate of drug-likeness (QED) is 0.0265. The summed E-state index contributed by atoms with van der Waals surface area (Å²) < 4.78 is 11.2. The Morgan fingerprint density at radius 3 is 1.39 bits per heavy atom. The van der Waals surface area contributed by atoms with Crippen LogP contribution in [-0.4, -0.2) is 87.5 Å². The van der Waals surface area contributed by atoms with Gasteiger partial charge < -0.3 is 40.3 Å². The molecule has 1 aliphatic heterocycles. The Morgan fingerprint density at radius 2 is 0.982 bits per heavy atom. The van der Waals surface area contributed by atoms with E-state index in [0.29, 0.717) is 6.42 Å². The van der Waals surface area contributed by atoms with Crippen LogP contribution in [0.2, 0.25) is 0 Å². The van der Waals surface area contributed by atoms with E-state index < -0.39 is 49.5 Å². The highest BCUT2D eigenvalue weighted by molar-refractivity contribution is 5.76. The molecule has 1 fully saturated rings. The Hall–Kier alpha value is -1.07. The highest BCUT2D eigenvalue weighted by Gasteiger charge is 2.44. The van der Waals surface area contributed by atoms with Crippen LogP contribution in [0.3, 0.4) is 0 Å². The number of carbonyl (C=O) groups excluding carboxylic acids is 1. The van der Waals surface area contributed by atoms with Crippen LogP contribution in [0.5, 0.6) is 0 Å². The van der Waals surface area contributed by atoms with Gasteiger partial charge in [0.05, 0.1) is 25.4 Å². The Labute approximate surface area is 344 Å². The molecule has 9 heteroatoms. The molecule has 332 valence electrons. The van der Waals surface area contributed by atoms with Gasteiger partial charge in [0.15, 0.2) is 6.29 Å². The molecule has 9 nitrogen and oxygen atoms in total. The molecule has 6 N–H and O–H groups in total. The highest BCUT2D eigenvalue weighted by atomic mass is 16.7. The first-order valence-electron chi connectivity index (χ1n) is 23.9. The van der Waals surface area contributed by atoms with Crippen molar-refractivity contribution < 1.29 is 39.8 Å². The fourth-order valence-electron chi connectivity index (χ4n) is 7.75. The van der Waals surface area contributed by atoms with Crippen LogP contribution in [0.25, 0.3) is 0 Å². The van der Waals surface area contributed by atoms with Gasteiger partial charge in [0, 0.05) is 6.42 Å². The zero-order valence-corrected chi connectivity index (χ0v) is 36.4. The van der Waals surface area contributed by atoms with Crippen LogP contribution in [-0.2, 0) is 14.3 Å². The van der Waals surface area contributed by atoms with E-state index in [0.717, 1.165) is 38.5 Å². The largest absolute Gasteiger partial charge is 0.394 e. The van der Waals surface area contributed by atoms with E-state index in [9.17, 15) is 30.3 Å². The lowest BCUT2D eigenvalue weighted by molar-refractivity contribution is -0.302. The van der Waals surface area contributed by atoms with Crippen LogP contribution in [0, 0.1) is 0 Å². The number of aliphatic hydroxyl groups is 5. The second-order valence-electron chi connectivity index (χ2n) is 16.9. The summed E-state index contributed by atoms with van der Waals surface area (Å²) in [6, 6.07) is -0.798. The van der Waals surface area contributed by atoms with Crippen molar-refractivity contribution in [3.63, 3.8) is 0 Å². The fraction of sp³-hybridized carbons (Fsp3) is 0.936. The number of rotatable bonds is 40. The van der Waals surface area contributed by atoms with E-state index in [1.807, 2.05) is 6.08 Å². The molecular formula is C47H91NO8. The van der Waals surface area contributed by atoms with Gasteiger partial charge in [-0.25, -0.2) is 0 Å². The van der Waals surface area contributed by atoms with Crippen molar-refractivity contribution in [1.29, 1.82) is 0 Å². The summed E-state index contributed by atoms with van der Waals surface area (Å²) in [6.45, 7) is 3.78. The number of carbonyl (C=O) groups is 1. The monoisotopic (exact) mass is 798 g/mol. The lowest BCUT2D eigenvalue weighted by Crippen LogP contribution is -2.60. The summed E-state index contributed by atoms with van der Waals surface area (Å²) in [5, 5.41) is 54.2. The standard InChI is InChI=1S/C47H91NO8/c1-3-5-7-9-11-13-15-17-18-19-20-21-22-23-25-27-29-31-33-35-37-43(51)48-40(39-55-47-46(54)45(53)44(52)42(38-49)56-47)41(50)36-34-32-30-28-26-24-16-14-12-10-8-6-4-2/h34,36,40-42,44-47,49-50,52-54H,3-33,35,37-39H2,1-2H3,(H,48,51)/b36-34+. The van der Waals surface area contributed by atoms with Crippen molar-refractivity contribution in [2.24, 2.45) is 0 Å². The van der Waals surface area contributed by atoms with Crippen LogP contribution in [0.1, 0.15) is 226 Å². The van der Waals surface area contributed by atoms with Gasteiger partial charge in [-0.05, 0) is 19.3 Å². The lowest BCUT2D eigenvalue weighted by Gasteiger charge is -2.40. The Morgan fingerprint density at radius 1 is 0.589 bits per heavy atom. The van der Waals surface area contributed by atoms with E-state index in [-0.39, 0.29) is 12.5 Å². The van der Waals surface area contributed by atoms with E-state index in [1.165, 1.54) is 167 Å². The Kier molecular flexibility index (Phi) is 36.1. The first kappa shape index (κ1) is 52.9. The zero-order chi connectivity index (χ0) is 40.9. The van der Waals surface area contributed by atoms with E-state index in [2.05, 4.69) is 19.2 Å². The maximum atomic E-state index is 13.0. The number of allylic oxidation sites excluding steroid dienone is 1. The molecule has 7 unspecified atom stereocenters. The third-order valence-corrected chi connectivity index (χ3v) is 11.6. The molecule has 1 heterocycles. The number of ether oxygens (including phenoxy) is 2. The van der Waals surface area contributed by atoms with Crippen molar-refractivity contribution in [3.8, 4) is 0 Å². The summed E-state index contributed by atoms with van der Waals surface area (Å²) in [6.07, 6.45) is 36.8. The maximum Gasteiger partial charge on any atom is 0.220 e. The molecule has 0 spiro atoms. The summed E-state index contributed by atoms with van der Waals surface area (Å²) >= 11 is 0. The average Bonchev–Trinajstić information content (AvgIpc) is 3.20. The number of hydrogen-bond donors (Lipinski definition) is 6. The van der Waals surface area contributed by atoms with Gasteiger partial charge in [-0.1, -0.05) is 212 Å². The Bertz CT molecular complexity index is 888. The SMILES string of the molecule is CCCCCCCCCCCCC/C=C/C(O)C(COC1OC(CO)C(O)C(O)C1O)NC(=O)CCCCCCCCCCCCCCCCCCCCCC. The third kappa shape index (κ3) is 28.4. The minimum Gasteiger partial charge on any atom is -0.394 e. The fourth-order valence-corrected chi connectivity index (χ4v) is 7.75. The summed E-state index contributed by atoms with van der Waals surface area (Å²) in [5.41, 5.74) is 0. The van der Waals surface area contributed by atoms with Gasteiger partial charge >= 0.3 is 0 Å². The molecule has 1 amide bonds. The van der Waals surface area contributed by atoms with E-state index in [4.69, 9.17) is 9.47 Å². The molecule has 1 saturated heterocycles. The van der Waals surface area contributed by atoms with Gasteiger partial charge in [-0.2, -0.15) is 0 Å². The molecule has 0 radical (unpaired) electrons. The van der Waals surface area contributed by atoms with Gasteiger partial charge in [0.25, 0.3) is 0 Å². The molecule has 0 saturated carbocycles. The maximum absolute atomic E-state index is 13.0. The first-order chi connectivity index (χ1) is 27.3. The van der Waals surface area contributed by atoms with Crippen LogP contribution < -0.4 is 5.32 Å². The smallest absolute Gasteiger partial charge is 0.220 e. The van der Waals surface area contributed by atoms with Gasteiger partial charge in [0.2, 0.25) is 5.91 Å². The van der Waals surface area contributed by atoms with Crippen LogP contribution >= 0.6 is 0 Å². The molecule has 0 aliphatic carbocycles. The lowest BCUT2D eigenvalue weighted by atomic mass is 9.99. The van der Waals surface area contributed by atoms with Gasteiger partial charge in [-0.15, -0.1) is 0 Å². The summed E-state index contributed by atoms with van der Waals surface area (Å²) in [7, 11) is 0. The predicted octanol–water partition coefficient (Wildman–Crippen LogP) is 10.1. The van der Waals surface area contributed by atoms with Crippen molar-refractivity contribution in [2.45, 2.75) is 269 Å². The highest BCUT2D eigenvalue weighted by Crippen LogP contribution is 2.23. The molecule has 0 bridgehead atoms. The predicted molar refractivity (Wildman–Crippen MR) is 231 cm³/mol. The van der Waals surface area contributed by atoms with Gasteiger partial charge in [0.1, 0.15) is 24.4 Å². The molecular weight excluding hydrogens is 707 g/mol. The molecule has 0 aromatic rings. The van der Waals surface area contributed by atoms with Crippen molar-refractivity contribution >= 4 is 5.91 Å². The Balaban J connectivity index is 2.29. The van der Waals surface area contributed by atoms with Crippen molar-refractivity contribution in [2.75, 3.05) is 13.2 Å². The van der Waals surface area contributed by atoms with E-state index >= 15 is 0 Å². The first-order valence-corrected chi connectivity index (χ1v) is 23.9. The van der Waals surface area contributed by atoms with E-state index in [1.54, 1.807) is 6.08 Å². The van der Waals surface area contributed by atoms with Crippen molar-refractivity contribution in [1.82, 2.24) is 5.32 Å². The number of hydrogen-bond acceptors (Lipinski definition) is 8. The second kappa shape index (κ2) is 38.2. The number of nitrogens with one attached hydrogen (secondary N) is 1. The topological polar surface area (TPSA) is 149 Å². The number of amides is 1. The zero-order valence-electron chi connectivity index (χ0n) is 36.4. The second-order valence-corrected chi connectivity index (χ2v) is 16.9. The van der Waals surface area contributed by atoms with Crippen molar-refractivity contribution in [3.05, 3.63) is 12.2 Å². The molecule has 1 rings (SSSR count). The molecule has 1 aliphatic rings. The normalized spacial score (nSPS) is 21.2. The van der Waals surface area contributed by atoms with Crippen LogP contribution in [0.15, 0.2) is 12.2 Å². The molecule has 0 aromatic carbocycles. The molecule has 7 atom stereocenters. The number of unbranched alkanes of at least 4 members (excludes halogenated alkanes) is 30.